The molecule has 1 aromatic carbocycles. The summed E-state index contributed by atoms with van der Waals surface area (Å²) in [7, 11) is 4.82. The molecule has 0 aliphatic heterocycles. The number of halogens is 1. The molecule has 0 bridgehead atoms. The van der Waals surface area contributed by atoms with Crippen LogP contribution >= 0.6 is 15.9 Å². The minimum atomic E-state index is 0.731. The normalized spacial score (nSPS) is 10.4. The van der Waals surface area contributed by atoms with Crippen LogP contribution in [0.5, 0.6) is 11.5 Å². The Morgan fingerprint density at radius 2 is 1.60 bits per heavy atom. The van der Waals surface area contributed by atoms with Crippen molar-refractivity contribution >= 4 is 22.0 Å². The van der Waals surface area contributed by atoms with E-state index in [-0.39, 0.29) is 0 Å². The molecule has 0 atom stereocenters. The number of benzene rings is 1. The lowest BCUT2D eigenvalue weighted by Crippen LogP contribution is -1.92. The first kappa shape index (κ1) is 11.9. The van der Waals surface area contributed by atoms with E-state index >= 15 is 0 Å². The molecular formula is C11H13BrO3. The lowest BCUT2D eigenvalue weighted by atomic mass is 10.1. The van der Waals surface area contributed by atoms with Crippen LogP contribution in [0.4, 0.5) is 0 Å². The van der Waals surface area contributed by atoms with E-state index in [0.717, 1.165) is 21.5 Å². The Kier molecular flexibility index (Phi) is 4.49. The fourth-order valence-corrected chi connectivity index (χ4v) is 1.62. The van der Waals surface area contributed by atoms with Crippen molar-refractivity contribution in [3.63, 3.8) is 0 Å². The minimum Gasteiger partial charge on any atom is -0.504 e. The first-order valence-corrected chi connectivity index (χ1v) is 5.13. The van der Waals surface area contributed by atoms with Crippen LogP contribution in [0.15, 0.2) is 22.9 Å². The molecule has 0 aliphatic carbocycles. The van der Waals surface area contributed by atoms with Crippen molar-refractivity contribution in [3.8, 4) is 11.5 Å². The van der Waals surface area contributed by atoms with Crippen molar-refractivity contribution < 1.29 is 14.2 Å². The van der Waals surface area contributed by atoms with Gasteiger partial charge in [-0.1, -0.05) is 15.9 Å². The SMILES string of the molecule is CO/C=C/c1c(OC)cc(Br)cc1OC. The van der Waals surface area contributed by atoms with E-state index < -0.39 is 0 Å². The summed E-state index contributed by atoms with van der Waals surface area (Å²) in [6.07, 6.45) is 3.37. The van der Waals surface area contributed by atoms with Gasteiger partial charge >= 0.3 is 0 Å². The van der Waals surface area contributed by atoms with E-state index in [2.05, 4.69) is 15.9 Å². The molecule has 0 unspecified atom stereocenters. The van der Waals surface area contributed by atoms with Gasteiger partial charge in [-0.3, -0.25) is 0 Å². The first-order valence-electron chi connectivity index (χ1n) is 4.33. The molecule has 0 radical (unpaired) electrons. The number of methoxy groups -OCH3 is 3. The summed E-state index contributed by atoms with van der Waals surface area (Å²) < 4.78 is 16.3. The summed E-state index contributed by atoms with van der Waals surface area (Å²) in [5.41, 5.74) is 0.852. The van der Waals surface area contributed by atoms with Crippen LogP contribution < -0.4 is 9.47 Å². The summed E-state index contributed by atoms with van der Waals surface area (Å²) in [5.74, 6) is 1.46. The van der Waals surface area contributed by atoms with Crippen LogP contribution in [0, 0.1) is 0 Å². The van der Waals surface area contributed by atoms with E-state index in [1.807, 2.05) is 12.1 Å². The molecule has 4 heteroatoms. The molecule has 0 aromatic heterocycles. The molecule has 0 aliphatic rings. The molecule has 0 heterocycles. The van der Waals surface area contributed by atoms with E-state index in [9.17, 15) is 0 Å². The first-order chi connectivity index (χ1) is 7.22. The van der Waals surface area contributed by atoms with Crippen molar-refractivity contribution in [1.29, 1.82) is 0 Å². The summed E-state index contributed by atoms with van der Waals surface area (Å²) in [5, 5.41) is 0. The molecule has 0 fully saturated rings. The van der Waals surface area contributed by atoms with Gasteiger partial charge < -0.3 is 14.2 Å². The fourth-order valence-electron chi connectivity index (χ4n) is 1.21. The van der Waals surface area contributed by atoms with Crippen LogP contribution in [0.2, 0.25) is 0 Å². The predicted molar refractivity (Wildman–Crippen MR) is 63.3 cm³/mol. The van der Waals surface area contributed by atoms with E-state index in [1.165, 1.54) is 0 Å². The molecule has 15 heavy (non-hydrogen) atoms. The molecule has 0 spiro atoms. The summed E-state index contributed by atoms with van der Waals surface area (Å²) in [6.45, 7) is 0. The topological polar surface area (TPSA) is 27.7 Å². The standard InChI is InChI=1S/C11H13BrO3/c1-13-5-4-9-10(14-2)6-8(12)7-11(9)15-3/h4-7H,1-3H3/b5-4+. The van der Waals surface area contributed by atoms with Gasteiger partial charge in [0.15, 0.2) is 0 Å². The Balaban J connectivity index is 3.24. The smallest absolute Gasteiger partial charge is 0.131 e. The third-order valence-electron chi connectivity index (χ3n) is 1.88. The fraction of sp³-hybridized carbons (Fsp3) is 0.273. The third kappa shape index (κ3) is 2.89. The summed E-state index contributed by atoms with van der Waals surface area (Å²) in [4.78, 5) is 0. The van der Waals surface area contributed by atoms with E-state index in [0.29, 0.717) is 0 Å². The van der Waals surface area contributed by atoms with Crippen LogP contribution in [-0.4, -0.2) is 21.3 Å². The van der Waals surface area contributed by atoms with E-state index in [1.54, 1.807) is 33.7 Å². The predicted octanol–water partition coefficient (Wildman–Crippen LogP) is 3.08. The van der Waals surface area contributed by atoms with Crippen LogP contribution in [0.25, 0.3) is 6.08 Å². The number of hydrogen-bond acceptors (Lipinski definition) is 3. The molecule has 0 saturated heterocycles. The van der Waals surface area contributed by atoms with Gasteiger partial charge in [0.05, 0.1) is 33.2 Å². The average molecular weight is 273 g/mol. The zero-order valence-corrected chi connectivity index (χ0v) is 10.5. The summed E-state index contributed by atoms with van der Waals surface area (Å²) >= 11 is 3.38. The maximum Gasteiger partial charge on any atom is 0.131 e. The van der Waals surface area contributed by atoms with Crippen molar-refractivity contribution in [2.24, 2.45) is 0 Å². The van der Waals surface area contributed by atoms with Gasteiger partial charge in [-0.2, -0.15) is 0 Å². The van der Waals surface area contributed by atoms with E-state index in [4.69, 9.17) is 14.2 Å². The zero-order valence-electron chi connectivity index (χ0n) is 8.91. The number of rotatable bonds is 4. The molecule has 3 nitrogen and oxygen atoms in total. The van der Waals surface area contributed by atoms with Gasteiger partial charge in [-0.15, -0.1) is 0 Å². The highest BCUT2D eigenvalue weighted by molar-refractivity contribution is 9.10. The zero-order chi connectivity index (χ0) is 11.3. The Hall–Kier alpha value is -1.16. The average Bonchev–Trinajstić information content (AvgIpc) is 2.26. The Bertz CT molecular complexity index is 336. The van der Waals surface area contributed by atoms with Gasteiger partial charge in [-0.05, 0) is 18.2 Å². The van der Waals surface area contributed by atoms with Gasteiger partial charge in [0.25, 0.3) is 0 Å². The highest BCUT2D eigenvalue weighted by Gasteiger charge is 2.08. The highest BCUT2D eigenvalue weighted by Crippen LogP contribution is 2.33. The van der Waals surface area contributed by atoms with Crippen LogP contribution in [0.1, 0.15) is 5.56 Å². The molecule has 0 saturated carbocycles. The van der Waals surface area contributed by atoms with Gasteiger partial charge in [-0.25, -0.2) is 0 Å². The Labute approximate surface area is 97.8 Å². The maximum absolute atomic E-state index is 5.25. The maximum atomic E-state index is 5.25. The van der Waals surface area contributed by atoms with Crippen molar-refractivity contribution in [3.05, 3.63) is 28.4 Å². The highest BCUT2D eigenvalue weighted by atomic mass is 79.9. The number of ether oxygens (including phenoxy) is 3. The second-order valence-electron chi connectivity index (χ2n) is 2.76. The Morgan fingerprint density at radius 3 is 2.00 bits per heavy atom. The second kappa shape index (κ2) is 5.66. The van der Waals surface area contributed by atoms with Crippen LogP contribution in [0.3, 0.4) is 0 Å². The van der Waals surface area contributed by atoms with Gasteiger partial charge in [0, 0.05) is 4.47 Å². The molecule has 1 rings (SSSR count). The quantitative estimate of drug-likeness (QED) is 0.789. The molecule has 0 amide bonds. The van der Waals surface area contributed by atoms with Crippen molar-refractivity contribution in [2.45, 2.75) is 0 Å². The second-order valence-corrected chi connectivity index (χ2v) is 3.68. The summed E-state index contributed by atoms with van der Waals surface area (Å²) in [6, 6.07) is 3.75. The van der Waals surface area contributed by atoms with Gasteiger partial charge in [0.2, 0.25) is 0 Å². The van der Waals surface area contributed by atoms with Crippen LogP contribution in [-0.2, 0) is 4.74 Å². The van der Waals surface area contributed by atoms with Crippen molar-refractivity contribution in [1.82, 2.24) is 0 Å². The lowest BCUT2D eigenvalue weighted by molar-refractivity contribution is 0.340. The Morgan fingerprint density at radius 1 is 1.07 bits per heavy atom. The molecule has 1 aromatic rings. The van der Waals surface area contributed by atoms with Gasteiger partial charge in [0.1, 0.15) is 11.5 Å². The molecular weight excluding hydrogens is 260 g/mol. The molecule has 82 valence electrons. The minimum absolute atomic E-state index is 0.731. The molecule has 0 N–H and O–H groups in total. The lowest BCUT2D eigenvalue weighted by Gasteiger charge is -2.10. The largest absolute Gasteiger partial charge is 0.504 e. The number of hydrogen-bond donors (Lipinski definition) is 0. The van der Waals surface area contributed by atoms with Crippen molar-refractivity contribution in [2.75, 3.05) is 21.3 Å². The third-order valence-corrected chi connectivity index (χ3v) is 2.34. The monoisotopic (exact) mass is 272 g/mol.